The normalized spacial score (nSPS) is 10.4. The lowest BCUT2D eigenvalue weighted by Gasteiger charge is -2.27. The Kier molecular flexibility index (Phi) is 10.1. The molecule has 7 heteroatoms. The molecule has 7 nitrogen and oxygen atoms in total. The topological polar surface area (TPSA) is 80.1 Å². The van der Waals surface area contributed by atoms with Gasteiger partial charge in [0, 0.05) is 19.5 Å². The van der Waals surface area contributed by atoms with E-state index in [2.05, 4.69) is 6.58 Å². The minimum atomic E-state index is -0.428. The number of furan rings is 1. The van der Waals surface area contributed by atoms with Crippen LogP contribution in [0.25, 0.3) is 0 Å². The lowest BCUT2D eigenvalue weighted by molar-refractivity contribution is -0.146. The van der Waals surface area contributed by atoms with Crippen LogP contribution >= 0.6 is 0 Å². The van der Waals surface area contributed by atoms with E-state index < -0.39 is 5.97 Å². The first-order valence-electron chi connectivity index (χ1n) is 10.4. The number of hydrogen-bond donors (Lipinski definition) is 0. The molecule has 1 aromatic heterocycles. The first-order chi connectivity index (χ1) is 15.0. The molecule has 1 heterocycles. The summed E-state index contributed by atoms with van der Waals surface area (Å²) in [6.45, 7) is 6.59. The number of ether oxygens (including phenoxy) is 1. The number of carbonyl (C=O) groups is 3. The fourth-order valence-electron chi connectivity index (χ4n) is 3.07. The molecule has 1 aromatic carbocycles. The van der Waals surface area contributed by atoms with Gasteiger partial charge in [-0.05, 0) is 31.0 Å². The second-order valence-electron chi connectivity index (χ2n) is 7.00. The Morgan fingerprint density at radius 3 is 2.45 bits per heavy atom. The molecular weight excluding hydrogens is 396 g/mol. The van der Waals surface area contributed by atoms with E-state index in [1.54, 1.807) is 30.2 Å². The van der Waals surface area contributed by atoms with E-state index in [-0.39, 0.29) is 44.4 Å². The van der Waals surface area contributed by atoms with Gasteiger partial charge in [-0.25, -0.2) is 0 Å². The third kappa shape index (κ3) is 8.50. The average molecular weight is 427 g/mol. The summed E-state index contributed by atoms with van der Waals surface area (Å²) >= 11 is 0. The zero-order valence-electron chi connectivity index (χ0n) is 18.0. The molecule has 0 radical (unpaired) electrons. The van der Waals surface area contributed by atoms with Gasteiger partial charge < -0.3 is 19.0 Å². The summed E-state index contributed by atoms with van der Waals surface area (Å²) < 4.78 is 10.3. The summed E-state index contributed by atoms with van der Waals surface area (Å²) in [4.78, 5) is 40.3. The molecule has 0 aliphatic carbocycles. The van der Waals surface area contributed by atoms with Gasteiger partial charge in [0.25, 0.3) is 0 Å². The summed E-state index contributed by atoms with van der Waals surface area (Å²) in [6, 6.07) is 13.5. The molecule has 31 heavy (non-hydrogen) atoms. The predicted molar refractivity (Wildman–Crippen MR) is 117 cm³/mol. The Hall–Kier alpha value is -3.35. The molecule has 0 fully saturated rings. The molecule has 0 saturated heterocycles. The monoisotopic (exact) mass is 426 g/mol. The van der Waals surface area contributed by atoms with E-state index in [0.29, 0.717) is 25.3 Å². The van der Waals surface area contributed by atoms with Crippen molar-refractivity contribution >= 4 is 17.8 Å². The van der Waals surface area contributed by atoms with Gasteiger partial charge in [-0.1, -0.05) is 36.4 Å². The van der Waals surface area contributed by atoms with Crippen molar-refractivity contribution in [3.05, 3.63) is 72.7 Å². The molecule has 0 bridgehead atoms. The Labute approximate surface area is 183 Å². The van der Waals surface area contributed by atoms with Crippen LogP contribution in [0, 0.1) is 0 Å². The fourth-order valence-corrected chi connectivity index (χ4v) is 3.07. The Bertz CT molecular complexity index is 833. The molecule has 2 amide bonds. The standard InChI is InChI=1S/C24H30N2O5/c1-3-15-25(22(27)12-13-24(29)30-4-2)19-23(28)26(18-21-11-8-17-31-21)16-14-20-9-6-5-7-10-20/h3,5-11,17H,1,4,12-16,18-19H2,2H3. The molecule has 2 aromatic rings. The fraction of sp³-hybridized carbons (Fsp3) is 0.375. The molecule has 166 valence electrons. The quantitative estimate of drug-likeness (QED) is 0.363. The van der Waals surface area contributed by atoms with Gasteiger partial charge in [0.15, 0.2) is 0 Å². The summed E-state index contributed by atoms with van der Waals surface area (Å²) in [5.41, 5.74) is 1.12. The van der Waals surface area contributed by atoms with Gasteiger partial charge in [-0.3, -0.25) is 14.4 Å². The Morgan fingerprint density at radius 1 is 1.03 bits per heavy atom. The third-order valence-corrected chi connectivity index (χ3v) is 4.67. The maximum atomic E-state index is 13.1. The molecule has 0 unspecified atom stereocenters. The van der Waals surface area contributed by atoms with Crippen molar-refractivity contribution in [3.8, 4) is 0 Å². The second-order valence-corrected chi connectivity index (χ2v) is 7.00. The minimum absolute atomic E-state index is 0.0118. The van der Waals surface area contributed by atoms with Crippen LogP contribution in [0.2, 0.25) is 0 Å². The Morgan fingerprint density at radius 2 is 1.81 bits per heavy atom. The van der Waals surface area contributed by atoms with Crippen molar-refractivity contribution in [1.29, 1.82) is 0 Å². The second kappa shape index (κ2) is 13.1. The maximum Gasteiger partial charge on any atom is 0.306 e. The zero-order chi connectivity index (χ0) is 22.5. The van der Waals surface area contributed by atoms with Crippen LogP contribution in [-0.2, 0) is 32.1 Å². The van der Waals surface area contributed by atoms with E-state index in [4.69, 9.17) is 9.15 Å². The van der Waals surface area contributed by atoms with Crippen molar-refractivity contribution in [2.75, 3.05) is 26.2 Å². The molecule has 0 saturated carbocycles. The third-order valence-electron chi connectivity index (χ3n) is 4.67. The highest BCUT2D eigenvalue weighted by Crippen LogP contribution is 2.10. The van der Waals surface area contributed by atoms with Crippen molar-refractivity contribution < 1.29 is 23.5 Å². The van der Waals surface area contributed by atoms with Crippen LogP contribution in [0.15, 0.2) is 65.8 Å². The molecule has 0 aliphatic rings. The summed E-state index contributed by atoms with van der Waals surface area (Å²) in [7, 11) is 0. The van der Waals surface area contributed by atoms with E-state index in [9.17, 15) is 14.4 Å². The maximum absolute atomic E-state index is 13.1. The van der Waals surface area contributed by atoms with E-state index >= 15 is 0 Å². The van der Waals surface area contributed by atoms with Gasteiger partial charge in [0.05, 0.1) is 25.8 Å². The molecule has 2 rings (SSSR count). The van der Waals surface area contributed by atoms with Crippen LogP contribution < -0.4 is 0 Å². The number of benzene rings is 1. The number of hydrogen-bond acceptors (Lipinski definition) is 5. The first kappa shape index (κ1) is 23.9. The number of nitrogens with zero attached hydrogens (tertiary/aromatic N) is 2. The van der Waals surface area contributed by atoms with Gasteiger partial charge in [-0.15, -0.1) is 6.58 Å². The first-order valence-corrected chi connectivity index (χ1v) is 10.4. The van der Waals surface area contributed by atoms with Crippen molar-refractivity contribution in [2.24, 2.45) is 0 Å². The van der Waals surface area contributed by atoms with Gasteiger partial charge in [0.2, 0.25) is 11.8 Å². The number of amides is 2. The smallest absolute Gasteiger partial charge is 0.306 e. The number of esters is 1. The summed E-state index contributed by atoms with van der Waals surface area (Å²) in [5.74, 6) is -0.241. The highest BCUT2D eigenvalue weighted by Gasteiger charge is 2.22. The molecular formula is C24H30N2O5. The number of rotatable bonds is 13. The van der Waals surface area contributed by atoms with E-state index in [1.807, 2.05) is 36.4 Å². The van der Waals surface area contributed by atoms with Gasteiger partial charge in [0.1, 0.15) is 12.3 Å². The van der Waals surface area contributed by atoms with Gasteiger partial charge in [-0.2, -0.15) is 0 Å². The van der Waals surface area contributed by atoms with Crippen molar-refractivity contribution in [2.45, 2.75) is 32.7 Å². The zero-order valence-corrected chi connectivity index (χ0v) is 18.0. The van der Waals surface area contributed by atoms with Crippen LogP contribution in [0.5, 0.6) is 0 Å². The highest BCUT2D eigenvalue weighted by molar-refractivity contribution is 5.86. The van der Waals surface area contributed by atoms with Crippen LogP contribution in [0.1, 0.15) is 31.1 Å². The summed E-state index contributed by atoms with van der Waals surface area (Å²) in [5, 5.41) is 0. The lowest BCUT2D eigenvalue weighted by atomic mass is 10.1. The highest BCUT2D eigenvalue weighted by atomic mass is 16.5. The average Bonchev–Trinajstić information content (AvgIpc) is 3.28. The van der Waals surface area contributed by atoms with Crippen molar-refractivity contribution in [1.82, 2.24) is 9.80 Å². The lowest BCUT2D eigenvalue weighted by Crippen LogP contribution is -2.43. The minimum Gasteiger partial charge on any atom is -0.467 e. The predicted octanol–water partition coefficient (Wildman–Crippen LogP) is 3.21. The van der Waals surface area contributed by atoms with Crippen molar-refractivity contribution in [3.63, 3.8) is 0 Å². The van der Waals surface area contributed by atoms with Gasteiger partial charge >= 0.3 is 5.97 Å². The largest absolute Gasteiger partial charge is 0.467 e. The molecule has 0 N–H and O–H groups in total. The molecule has 0 atom stereocenters. The van der Waals surface area contributed by atoms with Crippen LogP contribution in [0.4, 0.5) is 0 Å². The number of carbonyl (C=O) groups excluding carboxylic acids is 3. The summed E-state index contributed by atoms with van der Waals surface area (Å²) in [6.07, 6.45) is 3.79. The molecule has 0 aliphatic heterocycles. The van der Waals surface area contributed by atoms with Crippen LogP contribution in [0.3, 0.4) is 0 Å². The van der Waals surface area contributed by atoms with Crippen LogP contribution in [-0.4, -0.2) is 53.8 Å². The van der Waals surface area contributed by atoms with E-state index in [0.717, 1.165) is 5.56 Å². The Balaban J connectivity index is 2.02. The van der Waals surface area contributed by atoms with E-state index in [1.165, 1.54) is 4.90 Å². The SMILES string of the molecule is C=CCN(CC(=O)N(CCc1ccccc1)Cc1ccco1)C(=O)CCC(=O)OCC. The molecule has 0 spiro atoms.